The SMILES string of the molecule is COc1ccc(-c2nnc(N3CCC(C(=O)N4CCCC4)CC3)n2C)c(OC)c1. The van der Waals surface area contributed by atoms with Gasteiger partial charge in [-0.1, -0.05) is 0 Å². The average molecular weight is 399 g/mol. The van der Waals surface area contributed by atoms with Crippen molar-refractivity contribution in [1.82, 2.24) is 19.7 Å². The Hall–Kier alpha value is -2.77. The van der Waals surface area contributed by atoms with Gasteiger partial charge in [0, 0.05) is 45.2 Å². The van der Waals surface area contributed by atoms with Crippen LogP contribution < -0.4 is 14.4 Å². The predicted octanol–water partition coefficient (Wildman–Crippen LogP) is 2.34. The number of aromatic nitrogens is 3. The summed E-state index contributed by atoms with van der Waals surface area (Å²) in [7, 11) is 5.24. The maximum absolute atomic E-state index is 12.7. The van der Waals surface area contributed by atoms with Crippen molar-refractivity contribution in [3.63, 3.8) is 0 Å². The van der Waals surface area contributed by atoms with E-state index >= 15 is 0 Å². The highest BCUT2D eigenvalue weighted by Crippen LogP contribution is 2.34. The van der Waals surface area contributed by atoms with Gasteiger partial charge in [0.05, 0.1) is 19.8 Å². The third-order valence-electron chi connectivity index (χ3n) is 6.05. The number of nitrogens with zero attached hydrogens (tertiary/aromatic N) is 5. The number of hydrogen-bond donors (Lipinski definition) is 0. The average Bonchev–Trinajstić information content (AvgIpc) is 3.43. The maximum atomic E-state index is 12.7. The number of piperidine rings is 1. The van der Waals surface area contributed by atoms with Crippen LogP contribution in [0.1, 0.15) is 25.7 Å². The normalized spacial score (nSPS) is 17.6. The molecule has 0 radical (unpaired) electrons. The Morgan fingerprint density at radius 2 is 1.76 bits per heavy atom. The van der Waals surface area contributed by atoms with Gasteiger partial charge in [-0.25, -0.2) is 0 Å². The second-order valence-corrected chi connectivity index (χ2v) is 7.74. The van der Waals surface area contributed by atoms with Gasteiger partial charge in [-0.15, -0.1) is 10.2 Å². The van der Waals surface area contributed by atoms with Gasteiger partial charge in [-0.3, -0.25) is 9.36 Å². The number of carbonyl (C=O) groups is 1. The van der Waals surface area contributed by atoms with E-state index < -0.39 is 0 Å². The molecular formula is C21H29N5O3. The van der Waals surface area contributed by atoms with Crippen molar-refractivity contribution in [3.8, 4) is 22.9 Å². The second kappa shape index (κ2) is 8.31. The zero-order valence-electron chi connectivity index (χ0n) is 17.4. The highest BCUT2D eigenvalue weighted by atomic mass is 16.5. The van der Waals surface area contributed by atoms with Crippen LogP contribution in [0.2, 0.25) is 0 Å². The van der Waals surface area contributed by atoms with Crippen LogP contribution in [0.3, 0.4) is 0 Å². The van der Waals surface area contributed by atoms with Crippen LogP contribution in [-0.4, -0.2) is 66.0 Å². The van der Waals surface area contributed by atoms with Crippen molar-refractivity contribution in [2.24, 2.45) is 13.0 Å². The lowest BCUT2D eigenvalue weighted by Gasteiger charge is -2.33. The number of benzene rings is 1. The summed E-state index contributed by atoms with van der Waals surface area (Å²) in [5, 5.41) is 8.86. The lowest BCUT2D eigenvalue weighted by molar-refractivity contribution is -0.135. The van der Waals surface area contributed by atoms with Crippen molar-refractivity contribution >= 4 is 11.9 Å². The van der Waals surface area contributed by atoms with Crippen LogP contribution >= 0.6 is 0 Å². The lowest BCUT2D eigenvalue weighted by atomic mass is 9.95. The van der Waals surface area contributed by atoms with E-state index in [1.165, 1.54) is 0 Å². The summed E-state index contributed by atoms with van der Waals surface area (Å²) >= 11 is 0. The molecule has 8 heteroatoms. The third kappa shape index (κ3) is 3.75. The van der Waals surface area contributed by atoms with Gasteiger partial charge in [-0.05, 0) is 37.8 Å². The molecule has 0 N–H and O–H groups in total. The minimum absolute atomic E-state index is 0.138. The van der Waals surface area contributed by atoms with Gasteiger partial charge in [0.15, 0.2) is 5.82 Å². The zero-order chi connectivity index (χ0) is 20.4. The Morgan fingerprint density at radius 3 is 2.41 bits per heavy atom. The van der Waals surface area contributed by atoms with Gasteiger partial charge in [0.2, 0.25) is 11.9 Å². The van der Waals surface area contributed by atoms with Crippen LogP contribution in [0.4, 0.5) is 5.95 Å². The van der Waals surface area contributed by atoms with Crippen LogP contribution in [0.5, 0.6) is 11.5 Å². The van der Waals surface area contributed by atoms with E-state index in [-0.39, 0.29) is 5.92 Å². The van der Waals surface area contributed by atoms with Gasteiger partial charge in [-0.2, -0.15) is 0 Å². The smallest absolute Gasteiger partial charge is 0.227 e. The number of methoxy groups -OCH3 is 2. The van der Waals surface area contributed by atoms with E-state index in [4.69, 9.17) is 9.47 Å². The summed E-state index contributed by atoms with van der Waals surface area (Å²) in [5.41, 5.74) is 0.869. The fourth-order valence-corrected chi connectivity index (χ4v) is 4.34. The Kier molecular flexibility index (Phi) is 5.60. The highest BCUT2D eigenvalue weighted by Gasteiger charge is 2.31. The van der Waals surface area contributed by atoms with Gasteiger partial charge >= 0.3 is 0 Å². The molecule has 1 amide bonds. The molecule has 2 aromatic rings. The van der Waals surface area contributed by atoms with E-state index in [9.17, 15) is 4.79 Å². The molecule has 1 aromatic carbocycles. The maximum Gasteiger partial charge on any atom is 0.227 e. The Bertz CT molecular complexity index is 867. The quantitative estimate of drug-likeness (QED) is 0.768. The van der Waals surface area contributed by atoms with E-state index in [2.05, 4.69) is 15.1 Å². The molecule has 4 rings (SSSR count). The molecule has 29 heavy (non-hydrogen) atoms. The van der Waals surface area contributed by atoms with Crippen molar-refractivity contribution in [3.05, 3.63) is 18.2 Å². The monoisotopic (exact) mass is 399 g/mol. The molecule has 2 saturated heterocycles. The molecule has 8 nitrogen and oxygen atoms in total. The van der Waals surface area contributed by atoms with Crippen LogP contribution in [-0.2, 0) is 11.8 Å². The van der Waals surface area contributed by atoms with E-state index in [0.717, 1.165) is 74.9 Å². The highest BCUT2D eigenvalue weighted by molar-refractivity contribution is 5.79. The first-order valence-electron chi connectivity index (χ1n) is 10.3. The van der Waals surface area contributed by atoms with Crippen LogP contribution in [0.15, 0.2) is 18.2 Å². The number of likely N-dealkylation sites (tertiary alicyclic amines) is 1. The lowest BCUT2D eigenvalue weighted by Crippen LogP contribution is -2.42. The van der Waals surface area contributed by atoms with E-state index in [1.807, 2.05) is 34.7 Å². The summed E-state index contributed by atoms with van der Waals surface area (Å²) in [6.45, 7) is 3.48. The fraction of sp³-hybridized carbons (Fsp3) is 0.571. The Morgan fingerprint density at radius 1 is 1.03 bits per heavy atom. The molecule has 0 unspecified atom stereocenters. The Labute approximate surface area is 171 Å². The molecule has 0 bridgehead atoms. The van der Waals surface area contributed by atoms with Crippen LogP contribution in [0, 0.1) is 5.92 Å². The van der Waals surface area contributed by atoms with Gasteiger partial charge < -0.3 is 19.3 Å². The van der Waals surface area contributed by atoms with Gasteiger partial charge in [0.25, 0.3) is 0 Å². The summed E-state index contributed by atoms with van der Waals surface area (Å²) < 4.78 is 12.8. The minimum atomic E-state index is 0.138. The zero-order valence-corrected chi connectivity index (χ0v) is 17.4. The van der Waals surface area contributed by atoms with Gasteiger partial charge in [0.1, 0.15) is 11.5 Å². The molecule has 2 fully saturated rings. The summed E-state index contributed by atoms with van der Waals surface area (Å²) in [5.74, 6) is 3.47. The van der Waals surface area contributed by atoms with Crippen molar-refractivity contribution < 1.29 is 14.3 Å². The number of ether oxygens (including phenoxy) is 2. The minimum Gasteiger partial charge on any atom is -0.497 e. The van der Waals surface area contributed by atoms with E-state index in [1.54, 1.807) is 14.2 Å². The molecule has 0 saturated carbocycles. The number of amides is 1. The number of rotatable bonds is 5. The van der Waals surface area contributed by atoms with Crippen molar-refractivity contribution in [2.45, 2.75) is 25.7 Å². The second-order valence-electron chi connectivity index (χ2n) is 7.74. The molecule has 2 aliphatic rings. The molecule has 2 aliphatic heterocycles. The third-order valence-corrected chi connectivity index (χ3v) is 6.05. The molecular weight excluding hydrogens is 370 g/mol. The largest absolute Gasteiger partial charge is 0.497 e. The topological polar surface area (TPSA) is 72.7 Å². The van der Waals surface area contributed by atoms with Crippen LogP contribution in [0.25, 0.3) is 11.4 Å². The number of anilines is 1. The molecule has 156 valence electrons. The standard InChI is InChI=1S/C21H29N5O3/c1-24-19(17-7-6-16(28-2)14-18(17)29-3)22-23-21(24)26-12-8-15(9-13-26)20(27)25-10-4-5-11-25/h6-7,14-15H,4-5,8-13H2,1-3H3. The van der Waals surface area contributed by atoms with Crippen molar-refractivity contribution in [1.29, 1.82) is 0 Å². The Balaban J connectivity index is 1.48. The van der Waals surface area contributed by atoms with E-state index in [0.29, 0.717) is 11.7 Å². The summed E-state index contributed by atoms with van der Waals surface area (Å²) in [4.78, 5) is 16.9. The fourth-order valence-electron chi connectivity index (χ4n) is 4.34. The predicted molar refractivity (Wildman–Crippen MR) is 110 cm³/mol. The first kappa shape index (κ1) is 19.5. The molecule has 0 aliphatic carbocycles. The number of hydrogen-bond acceptors (Lipinski definition) is 6. The summed E-state index contributed by atoms with van der Waals surface area (Å²) in [6.07, 6.45) is 4.01. The summed E-state index contributed by atoms with van der Waals surface area (Å²) in [6, 6.07) is 5.67. The first-order chi connectivity index (χ1) is 14.1. The molecule has 0 spiro atoms. The number of carbonyl (C=O) groups excluding carboxylic acids is 1. The molecule has 3 heterocycles. The molecule has 0 atom stereocenters. The van der Waals surface area contributed by atoms with Crippen molar-refractivity contribution in [2.75, 3.05) is 45.3 Å². The first-order valence-corrected chi connectivity index (χ1v) is 10.3. The molecule has 1 aromatic heterocycles.